The molecule has 7 heteroatoms. The molecule has 2 aromatic rings. The summed E-state index contributed by atoms with van der Waals surface area (Å²) in [6, 6.07) is 19.1. The highest BCUT2D eigenvalue weighted by atomic mass is 31.2. The maximum absolute atomic E-state index is 14.0. The van der Waals surface area contributed by atoms with Gasteiger partial charge in [-0.05, 0) is 24.3 Å². The summed E-state index contributed by atoms with van der Waals surface area (Å²) < 4.78 is 23.3. The van der Waals surface area contributed by atoms with Crippen molar-refractivity contribution >= 4 is 25.0 Å². The van der Waals surface area contributed by atoms with Gasteiger partial charge in [-0.1, -0.05) is 36.4 Å². The Morgan fingerprint density at radius 2 is 1.27 bits per heavy atom. The summed E-state index contributed by atoms with van der Waals surface area (Å²) >= 11 is 0. The average Bonchev–Trinajstić information content (AvgIpc) is 2.66. The van der Waals surface area contributed by atoms with Crippen molar-refractivity contribution in [1.82, 2.24) is 4.90 Å². The number of nitrogens with zero attached hydrogens (tertiary/aromatic N) is 3. The standard InChI is InChI=1S/C19H24N3O3P/c1-17(23)20-13-15-21(18-9-5-3-6-10-18)26(24,25-2)22(16-14-20)19-11-7-4-8-12-19/h3-12H,13-16H2,1-2H3. The number of anilines is 2. The molecule has 1 amide bonds. The Labute approximate surface area is 154 Å². The second-order valence-electron chi connectivity index (χ2n) is 6.10. The van der Waals surface area contributed by atoms with E-state index in [0.29, 0.717) is 26.2 Å². The Hall–Kier alpha value is -2.30. The normalized spacial score (nSPS) is 17.5. The molecule has 3 rings (SSSR count). The fourth-order valence-corrected chi connectivity index (χ4v) is 5.38. The molecule has 0 atom stereocenters. The molecule has 1 saturated heterocycles. The van der Waals surface area contributed by atoms with Gasteiger partial charge in [-0.2, -0.15) is 0 Å². The number of para-hydroxylation sites is 2. The molecule has 0 spiro atoms. The first-order valence-electron chi connectivity index (χ1n) is 8.63. The lowest BCUT2D eigenvalue weighted by Gasteiger charge is -2.43. The molecule has 6 nitrogen and oxygen atoms in total. The average molecular weight is 373 g/mol. The van der Waals surface area contributed by atoms with Crippen molar-refractivity contribution in [3.8, 4) is 0 Å². The van der Waals surface area contributed by atoms with Crippen LogP contribution in [0.4, 0.5) is 11.4 Å². The molecule has 0 bridgehead atoms. The Bertz CT molecular complexity index is 730. The third-order valence-electron chi connectivity index (χ3n) is 4.57. The van der Waals surface area contributed by atoms with Crippen molar-refractivity contribution < 1.29 is 13.9 Å². The van der Waals surface area contributed by atoms with Gasteiger partial charge in [0.05, 0.1) is 0 Å². The highest BCUT2D eigenvalue weighted by molar-refractivity contribution is 7.62. The zero-order valence-corrected chi connectivity index (χ0v) is 16.0. The van der Waals surface area contributed by atoms with E-state index in [1.807, 2.05) is 60.7 Å². The molecule has 0 radical (unpaired) electrons. The number of rotatable bonds is 3. The van der Waals surface area contributed by atoms with Gasteiger partial charge in [-0.25, -0.2) is 4.57 Å². The molecule has 138 valence electrons. The molecule has 0 unspecified atom stereocenters. The van der Waals surface area contributed by atoms with Crippen LogP contribution in [0.25, 0.3) is 0 Å². The zero-order chi connectivity index (χ0) is 18.6. The second kappa shape index (κ2) is 7.94. The van der Waals surface area contributed by atoms with Crippen LogP contribution < -0.4 is 9.34 Å². The Morgan fingerprint density at radius 1 is 0.846 bits per heavy atom. The molecular weight excluding hydrogens is 349 g/mol. The number of amides is 1. The number of carbonyl (C=O) groups is 1. The summed E-state index contributed by atoms with van der Waals surface area (Å²) in [5.74, 6) is 0.0140. The minimum Gasteiger partial charge on any atom is -0.339 e. The summed E-state index contributed by atoms with van der Waals surface area (Å²) in [6.45, 7) is 3.42. The van der Waals surface area contributed by atoms with Crippen LogP contribution in [0.15, 0.2) is 60.7 Å². The van der Waals surface area contributed by atoms with Crippen molar-refractivity contribution in [1.29, 1.82) is 0 Å². The Balaban J connectivity index is 2.08. The van der Waals surface area contributed by atoms with E-state index in [2.05, 4.69) is 0 Å². The predicted octanol–water partition coefficient (Wildman–Crippen LogP) is 3.62. The molecule has 1 fully saturated rings. The van der Waals surface area contributed by atoms with E-state index in [1.54, 1.807) is 21.2 Å². The molecule has 26 heavy (non-hydrogen) atoms. The summed E-state index contributed by atoms with van der Waals surface area (Å²) in [5, 5.41) is 0. The molecular formula is C19H24N3O3P. The first-order chi connectivity index (χ1) is 12.6. The fourth-order valence-electron chi connectivity index (χ4n) is 3.19. The zero-order valence-electron chi connectivity index (χ0n) is 15.1. The Morgan fingerprint density at radius 3 is 1.62 bits per heavy atom. The van der Waals surface area contributed by atoms with E-state index in [-0.39, 0.29) is 5.91 Å². The van der Waals surface area contributed by atoms with Crippen LogP contribution in [0.3, 0.4) is 0 Å². The minimum absolute atomic E-state index is 0.0140. The lowest BCUT2D eigenvalue weighted by molar-refractivity contribution is -0.128. The Kier molecular flexibility index (Phi) is 5.64. The van der Waals surface area contributed by atoms with E-state index < -0.39 is 7.67 Å². The lowest BCUT2D eigenvalue weighted by Crippen LogP contribution is -2.47. The van der Waals surface area contributed by atoms with E-state index in [9.17, 15) is 9.36 Å². The fraction of sp³-hybridized carbons (Fsp3) is 0.316. The van der Waals surface area contributed by atoms with Crippen LogP contribution in [0.5, 0.6) is 0 Å². The van der Waals surface area contributed by atoms with E-state index in [0.717, 1.165) is 11.4 Å². The van der Waals surface area contributed by atoms with E-state index in [4.69, 9.17) is 4.52 Å². The van der Waals surface area contributed by atoms with Crippen molar-refractivity contribution in [2.45, 2.75) is 6.92 Å². The molecule has 1 aliphatic rings. The summed E-state index contributed by atoms with van der Waals surface area (Å²) in [5.41, 5.74) is 1.62. The first-order valence-corrected chi connectivity index (χ1v) is 10.2. The molecule has 2 aromatic carbocycles. The highest BCUT2D eigenvalue weighted by Gasteiger charge is 2.40. The van der Waals surface area contributed by atoms with Crippen molar-refractivity contribution in [2.75, 3.05) is 42.6 Å². The van der Waals surface area contributed by atoms with Gasteiger partial charge < -0.3 is 9.42 Å². The first kappa shape index (κ1) is 18.5. The second-order valence-corrected chi connectivity index (χ2v) is 8.41. The van der Waals surface area contributed by atoms with Crippen molar-refractivity contribution in [2.24, 2.45) is 0 Å². The monoisotopic (exact) mass is 373 g/mol. The topological polar surface area (TPSA) is 53.1 Å². The van der Waals surface area contributed by atoms with Gasteiger partial charge in [-0.15, -0.1) is 0 Å². The predicted molar refractivity (Wildman–Crippen MR) is 104 cm³/mol. The number of hydrogen-bond acceptors (Lipinski definition) is 3. The van der Waals surface area contributed by atoms with Crippen LogP contribution in [0, 0.1) is 0 Å². The molecule has 0 saturated carbocycles. The molecule has 0 N–H and O–H groups in total. The third kappa shape index (κ3) is 3.62. The van der Waals surface area contributed by atoms with E-state index >= 15 is 0 Å². The number of benzene rings is 2. The van der Waals surface area contributed by atoms with Gasteiger partial charge in [0.25, 0.3) is 0 Å². The summed E-state index contributed by atoms with van der Waals surface area (Å²) in [7, 11) is -1.87. The van der Waals surface area contributed by atoms with Crippen LogP contribution >= 0.6 is 7.67 Å². The van der Waals surface area contributed by atoms with Gasteiger partial charge >= 0.3 is 7.67 Å². The van der Waals surface area contributed by atoms with Crippen LogP contribution in [0.2, 0.25) is 0 Å². The van der Waals surface area contributed by atoms with Crippen LogP contribution in [-0.4, -0.2) is 44.1 Å². The lowest BCUT2D eigenvalue weighted by atomic mass is 10.3. The molecule has 1 aliphatic heterocycles. The summed E-state index contributed by atoms with van der Waals surface area (Å²) in [4.78, 5) is 13.8. The minimum atomic E-state index is -3.36. The van der Waals surface area contributed by atoms with Crippen LogP contribution in [-0.2, 0) is 13.9 Å². The van der Waals surface area contributed by atoms with Crippen LogP contribution in [0.1, 0.15) is 6.92 Å². The maximum atomic E-state index is 14.0. The molecule has 1 heterocycles. The highest BCUT2D eigenvalue weighted by Crippen LogP contribution is 2.57. The summed E-state index contributed by atoms with van der Waals surface area (Å²) in [6.07, 6.45) is 0. The molecule has 0 aliphatic carbocycles. The smallest absolute Gasteiger partial charge is 0.339 e. The van der Waals surface area contributed by atoms with Crippen molar-refractivity contribution in [3.05, 3.63) is 60.7 Å². The van der Waals surface area contributed by atoms with Gasteiger partial charge in [0.15, 0.2) is 0 Å². The largest absolute Gasteiger partial charge is 0.396 e. The van der Waals surface area contributed by atoms with Gasteiger partial charge in [0.1, 0.15) is 0 Å². The third-order valence-corrected chi connectivity index (χ3v) is 7.12. The van der Waals surface area contributed by atoms with E-state index in [1.165, 1.54) is 7.11 Å². The van der Waals surface area contributed by atoms with Gasteiger partial charge in [-0.3, -0.25) is 14.1 Å². The van der Waals surface area contributed by atoms with Gasteiger partial charge in [0, 0.05) is 51.6 Å². The quantitative estimate of drug-likeness (QED) is 0.770. The van der Waals surface area contributed by atoms with Crippen molar-refractivity contribution in [3.63, 3.8) is 0 Å². The van der Waals surface area contributed by atoms with Gasteiger partial charge in [0.2, 0.25) is 5.91 Å². The maximum Gasteiger partial charge on any atom is 0.396 e. The number of carbonyl (C=O) groups excluding carboxylic acids is 1. The molecule has 0 aromatic heterocycles. The SMILES string of the molecule is COP1(=O)N(c2ccccc2)CCN(C(C)=O)CCN1c1ccccc1. The number of hydrogen-bond donors (Lipinski definition) is 0.